The van der Waals surface area contributed by atoms with Crippen molar-refractivity contribution >= 4 is 29.0 Å². The second kappa shape index (κ2) is 6.25. The van der Waals surface area contributed by atoms with E-state index in [9.17, 15) is 4.79 Å². The van der Waals surface area contributed by atoms with E-state index in [1.165, 1.54) is 6.20 Å². The van der Waals surface area contributed by atoms with Crippen LogP contribution in [0.4, 0.5) is 0 Å². The quantitative estimate of drug-likeness (QED) is 0.713. The van der Waals surface area contributed by atoms with E-state index in [2.05, 4.69) is 10.2 Å². The van der Waals surface area contributed by atoms with Gasteiger partial charge in [0.2, 0.25) is 0 Å². The Morgan fingerprint density at radius 3 is 2.61 bits per heavy atom. The molecule has 0 radical (unpaired) electrons. The van der Waals surface area contributed by atoms with Crippen molar-refractivity contribution in [2.24, 2.45) is 0 Å². The lowest BCUT2D eigenvalue weighted by atomic mass is 9.94. The predicted molar refractivity (Wildman–Crippen MR) is 88.6 cm³/mol. The summed E-state index contributed by atoms with van der Waals surface area (Å²) in [7, 11) is 0. The molecule has 23 heavy (non-hydrogen) atoms. The molecular weight excluding hydrogens is 333 g/mol. The molecular formula is C17H9Cl2N3O. The zero-order valence-electron chi connectivity index (χ0n) is 11.7. The smallest absolute Gasteiger partial charge is 0.195 e. The summed E-state index contributed by atoms with van der Waals surface area (Å²) in [5, 5.41) is 16.4. The molecule has 3 rings (SSSR count). The van der Waals surface area contributed by atoms with Crippen LogP contribution in [0.2, 0.25) is 10.0 Å². The predicted octanol–water partition coefficient (Wildman–Crippen LogP) is 4.49. The Morgan fingerprint density at radius 2 is 1.87 bits per heavy atom. The Morgan fingerprint density at radius 1 is 1.09 bits per heavy atom. The summed E-state index contributed by atoms with van der Waals surface area (Å²) in [6.07, 6.45) is 1.51. The maximum Gasteiger partial charge on any atom is 0.195 e. The number of nitrogens with one attached hydrogen (secondary N) is 1. The van der Waals surface area contributed by atoms with Gasteiger partial charge in [-0.15, -0.1) is 0 Å². The maximum atomic E-state index is 12.9. The third kappa shape index (κ3) is 2.85. The minimum Gasteiger partial charge on any atom is -0.289 e. The maximum absolute atomic E-state index is 12.9. The number of benzene rings is 2. The lowest BCUT2D eigenvalue weighted by Gasteiger charge is -2.09. The molecule has 0 amide bonds. The van der Waals surface area contributed by atoms with Crippen molar-refractivity contribution in [2.45, 2.75) is 0 Å². The summed E-state index contributed by atoms with van der Waals surface area (Å²) in [4.78, 5) is 12.9. The number of ketones is 1. The van der Waals surface area contributed by atoms with E-state index < -0.39 is 0 Å². The number of rotatable bonds is 3. The molecule has 6 heteroatoms. The molecule has 1 heterocycles. The monoisotopic (exact) mass is 341 g/mol. The highest BCUT2D eigenvalue weighted by Crippen LogP contribution is 2.31. The fourth-order valence-electron chi connectivity index (χ4n) is 2.31. The van der Waals surface area contributed by atoms with Crippen molar-refractivity contribution in [1.29, 1.82) is 5.26 Å². The number of hydrogen-bond donors (Lipinski definition) is 1. The van der Waals surface area contributed by atoms with Crippen molar-refractivity contribution in [3.8, 4) is 17.2 Å². The highest BCUT2D eigenvalue weighted by atomic mass is 35.5. The van der Waals surface area contributed by atoms with Crippen LogP contribution in [0.15, 0.2) is 48.7 Å². The van der Waals surface area contributed by atoms with E-state index >= 15 is 0 Å². The van der Waals surface area contributed by atoms with Gasteiger partial charge in [0.05, 0.1) is 11.2 Å². The van der Waals surface area contributed by atoms with Gasteiger partial charge in [-0.05, 0) is 29.8 Å². The number of aromatic amines is 1. The zero-order valence-corrected chi connectivity index (χ0v) is 13.2. The molecule has 1 aromatic heterocycles. The SMILES string of the molecule is N#Cc1[nH]ncc1-c1ccc(Cl)cc1C(=O)c1ccccc1Cl. The average Bonchev–Trinajstić information content (AvgIpc) is 3.03. The molecule has 0 aliphatic heterocycles. The van der Waals surface area contributed by atoms with Crippen LogP contribution in [0.5, 0.6) is 0 Å². The number of hydrogen-bond acceptors (Lipinski definition) is 3. The lowest BCUT2D eigenvalue weighted by molar-refractivity contribution is 0.103. The Hall–Kier alpha value is -2.61. The van der Waals surface area contributed by atoms with Gasteiger partial charge < -0.3 is 0 Å². The van der Waals surface area contributed by atoms with Gasteiger partial charge in [0.1, 0.15) is 11.8 Å². The second-order valence-electron chi connectivity index (χ2n) is 4.77. The van der Waals surface area contributed by atoms with Crippen LogP contribution < -0.4 is 0 Å². The molecule has 0 fully saturated rings. The molecule has 0 aliphatic rings. The van der Waals surface area contributed by atoms with Crippen LogP contribution in [0.1, 0.15) is 21.6 Å². The van der Waals surface area contributed by atoms with Crippen LogP contribution >= 0.6 is 23.2 Å². The van der Waals surface area contributed by atoms with Gasteiger partial charge in [-0.25, -0.2) is 0 Å². The standard InChI is InChI=1S/C17H9Cl2N3O/c18-10-5-6-11(14-9-21-22-16(14)8-20)13(7-10)17(23)12-3-1-2-4-15(12)19/h1-7,9H,(H,21,22). The molecule has 0 spiro atoms. The highest BCUT2D eigenvalue weighted by molar-refractivity contribution is 6.35. The first-order valence-electron chi connectivity index (χ1n) is 6.64. The number of H-pyrrole nitrogens is 1. The van der Waals surface area contributed by atoms with Gasteiger partial charge in [0.25, 0.3) is 0 Å². The number of aromatic nitrogens is 2. The van der Waals surface area contributed by atoms with E-state index in [-0.39, 0.29) is 11.5 Å². The Bertz CT molecular complexity index is 941. The number of carbonyl (C=O) groups is 1. The molecule has 0 unspecified atom stereocenters. The van der Waals surface area contributed by atoms with E-state index in [0.29, 0.717) is 32.3 Å². The average molecular weight is 342 g/mol. The van der Waals surface area contributed by atoms with Crippen LogP contribution in [-0.2, 0) is 0 Å². The number of nitrogens with zero attached hydrogens (tertiary/aromatic N) is 2. The number of nitriles is 1. The third-order valence-electron chi connectivity index (χ3n) is 3.39. The van der Waals surface area contributed by atoms with Gasteiger partial charge >= 0.3 is 0 Å². The van der Waals surface area contributed by atoms with E-state index in [1.807, 2.05) is 6.07 Å². The van der Waals surface area contributed by atoms with Gasteiger partial charge in [0, 0.05) is 21.7 Å². The van der Waals surface area contributed by atoms with E-state index in [4.69, 9.17) is 28.5 Å². The first-order valence-corrected chi connectivity index (χ1v) is 7.40. The summed E-state index contributed by atoms with van der Waals surface area (Å²) in [5.41, 5.74) is 2.13. The Labute approximate surface area is 142 Å². The van der Waals surface area contributed by atoms with Crippen LogP contribution in [0.25, 0.3) is 11.1 Å². The van der Waals surface area contributed by atoms with Gasteiger partial charge in [-0.2, -0.15) is 10.4 Å². The summed E-state index contributed by atoms with van der Waals surface area (Å²) < 4.78 is 0. The third-order valence-corrected chi connectivity index (χ3v) is 3.95. The molecule has 0 bridgehead atoms. The Kier molecular flexibility index (Phi) is 4.16. The fraction of sp³-hybridized carbons (Fsp3) is 0. The normalized spacial score (nSPS) is 10.3. The summed E-state index contributed by atoms with van der Waals surface area (Å²) in [6.45, 7) is 0. The topological polar surface area (TPSA) is 69.5 Å². The summed E-state index contributed by atoms with van der Waals surface area (Å²) in [6, 6.07) is 13.7. The van der Waals surface area contributed by atoms with Crippen molar-refractivity contribution in [1.82, 2.24) is 10.2 Å². The molecule has 112 valence electrons. The molecule has 0 aliphatic carbocycles. The van der Waals surface area contributed by atoms with Gasteiger partial charge in [-0.1, -0.05) is 41.4 Å². The van der Waals surface area contributed by atoms with Crippen LogP contribution in [-0.4, -0.2) is 16.0 Å². The van der Waals surface area contributed by atoms with Crippen molar-refractivity contribution in [3.63, 3.8) is 0 Å². The first kappa shape index (κ1) is 15.3. The van der Waals surface area contributed by atoms with Crippen LogP contribution in [0.3, 0.4) is 0 Å². The molecule has 0 atom stereocenters. The number of halogens is 2. The zero-order chi connectivity index (χ0) is 16.4. The van der Waals surface area contributed by atoms with Crippen molar-refractivity contribution < 1.29 is 4.79 Å². The molecule has 1 N–H and O–H groups in total. The van der Waals surface area contributed by atoms with Crippen LogP contribution in [0, 0.1) is 11.3 Å². The largest absolute Gasteiger partial charge is 0.289 e. The molecule has 4 nitrogen and oxygen atoms in total. The molecule has 3 aromatic rings. The van der Waals surface area contributed by atoms with Crippen molar-refractivity contribution in [2.75, 3.05) is 0 Å². The highest BCUT2D eigenvalue weighted by Gasteiger charge is 2.20. The van der Waals surface area contributed by atoms with Gasteiger partial charge in [-0.3, -0.25) is 9.89 Å². The first-order chi connectivity index (χ1) is 11.1. The molecule has 0 saturated carbocycles. The minimum absolute atomic E-state index is 0.266. The summed E-state index contributed by atoms with van der Waals surface area (Å²) in [5.74, 6) is -0.266. The van der Waals surface area contributed by atoms with E-state index in [1.54, 1.807) is 42.5 Å². The molecule has 2 aromatic carbocycles. The van der Waals surface area contributed by atoms with Gasteiger partial charge in [0.15, 0.2) is 5.78 Å². The van der Waals surface area contributed by atoms with Crippen molar-refractivity contribution in [3.05, 3.63) is 75.5 Å². The molecule has 0 saturated heterocycles. The second-order valence-corrected chi connectivity index (χ2v) is 5.61. The minimum atomic E-state index is -0.266. The Balaban J connectivity index is 2.20. The lowest BCUT2D eigenvalue weighted by Crippen LogP contribution is -2.04. The van der Waals surface area contributed by atoms with E-state index in [0.717, 1.165) is 0 Å². The number of carbonyl (C=O) groups excluding carboxylic acids is 1. The summed E-state index contributed by atoms with van der Waals surface area (Å²) >= 11 is 12.2. The fourth-order valence-corrected chi connectivity index (χ4v) is 2.70.